The second-order valence-electron chi connectivity index (χ2n) is 14.1. The number of hydrogen-bond acceptors (Lipinski definition) is 2. The van der Waals surface area contributed by atoms with Crippen LogP contribution in [-0.2, 0) is 0 Å². The van der Waals surface area contributed by atoms with Crippen molar-refractivity contribution in [3.63, 3.8) is 0 Å². The maximum atomic E-state index is 5.34. The Morgan fingerprint density at radius 2 is 0.870 bits per heavy atom. The van der Waals surface area contributed by atoms with Crippen LogP contribution in [0.3, 0.4) is 0 Å². The van der Waals surface area contributed by atoms with Crippen molar-refractivity contribution in [2.24, 2.45) is 0 Å². The maximum absolute atomic E-state index is 5.34. The zero-order chi connectivity index (χ0) is 35.6. The smallest absolute Gasteiger partial charge is 0.0788 e. The molecule has 0 fully saturated rings. The van der Waals surface area contributed by atoms with E-state index in [1.165, 1.54) is 65.3 Å². The van der Waals surface area contributed by atoms with Gasteiger partial charge in [0.15, 0.2) is 0 Å². The number of benzene rings is 9. The average molecular weight is 685 g/mol. The van der Waals surface area contributed by atoms with E-state index >= 15 is 0 Å². The third-order valence-corrected chi connectivity index (χ3v) is 11.0. The average Bonchev–Trinajstić information content (AvgIpc) is 3.25. The van der Waals surface area contributed by atoms with Gasteiger partial charge in [0, 0.05) is 38.9 Å². The van der Waals surface area contributed by atoms with Gasteiger partial charge in [-0.05, 0) is 90.5 Å². The lowest BCUT2D eigenvalue weighted by Gasteiger charge is -2.21. The molecule has 11 aromatic rings. The number of pyridine rings is 2. The normalized spacial score (nSPS) is 11.7. The third kappa shape index (κ3) is 4.74. The summed E-state index contributed by atoms with van der Waals surface area (Å²) in [4.78, 5) is 10.1. The summed E-state index contributed by atoms with van der Waals surface area (Å²) in [7, 11) is 0. The van der Waals surface area contributed by atoms with Crippen LogP contribution in [-0.4, -0.2) is 9.97 Å². The maximum Gasteiger partial charge on any atom is 0.0788 e. The van der Waals surface area contributed by atoms with Gasteiger partial charge in [-0.2, -0.15) is 0 Å². The molecule has 0 spiro atoms. The Morgan fingerprint density at radius 1 is 0.315 bits per heavy atom. The number of hydrogen-bond donors (Lipinski definition) is 0. The van der Waals surface area contributed by atoms with Crippen LogP contribution in [0.25, 0.3) is 110 Å². The molecular formula is C52H32N2. The van der Waals surface area contributed by atoms with Gasteiger partial charge < -0.3 is 0 Å². The molecule has 0 radical (unpaired) electrons. The van der Waals surface area contributed by atoms with Crippen LogP contribution in [0.1, 0.15) is 0 Å². The highest BCUT2D eigenvalue weighted by molar-refractivity contribution is 6.29. The van der Waals surface area contributed by atoms with Crippen molar-refractivity contribution in [2.45, 2.75) is 0 Å². The molecule has 2 nitrogen and oxygen atoms in total. The van der Waals surface area contributed by atoms with Crippen LogP contribution in [0.15, 0.2) is 194 Å². The lowest BCUT2D eigenvalue weighted by Crippen LogP contribution is -1.95. The van der Waals surface area contributed by atoms with Gasteiger partial charge in [-0.25, -0.2) is 4.98 Å². The predicted molar refractivity (Wildman–Crippen MR) is 229 cm³/mol. The quantitative estimate of drug-likeness (QED) is 0.136. The Balaban J connectivity index is 1.23. The van der Waals surface area contributed by atoms with Gasteiger partial charge in [-0.3, -0.25) is 4.98 Å². The number of para-hydroxylation sites is 2. The first kappa shape index (κ1) is 30.5. The van der Waals surface area contributed by atoms with Crippen molar-refractivity contribution in [3.05, 3.63) is 194 Å². The third-order valence-electron chi connectivity index (χ3n) is 11.0. The van der Waals surface area contributed by atoms with Crippen LogP contribution >= 0.6 is 0 Å². The van der Waals surface area contributed by atoms with E-state index in [1.807, 2.05) is 12.3 Å². The fourth-order valence-corrected chi connectivity index (χ4v) is 8.65. The molecule has 0 saturated heterocycles. The molecule has 11 rings (SSSR count). The first-order valence-electron chi connectivity index (χ1n) is 18.5. The summed E-state index contributed by atoms with van der Waals surface area (Å²) in [6.45, 7) is 0. The molecule has 0 aliphatic heterocycles. The lowest BCUT2D eigenvalue weighted by atomic mass is 9.83. The van der Waals surface area contributed by atoms with Crippen LogP contribution in [0, 0.1) is 0 Å². The number of fused-ring (bicyclic) bond motifs is 8. The highest BCUT2D eigenvalue weighted by atomic mass is 14.7. The van der Waals surface area contributed by atoms with Crippen LogP contribution < -0.4 is 0 Å². The van der Waals surface area contributed by atoms with Crippen molar-refractivity contribution in [2.75, 3.05) is 0 Å². The van der Waals surface area contributed by atoms with E-state index in [2.05, 4.69) is 182 Å². The highest BCUT2D eigenvalue weighted by Gasteiger charge is 2.21. The number of rotatable bonds is 4. The molecule has 2 aromatic heterocycles. The summed E-state index contributed by atoms with van der Waals surface area (Å²) < 4.78 is 0. The summed E-state index contributed by atoms with van der Waals surface area (Å²) in [6, 6.07) is 67.9. The standard InChI is InChI=1S/C52H32N2/c1-2-15-33(16-3-1)52-46-31-45(38-20-5-6-21-39(38)51(46)44-26-11-13-28-48(44)54-52)50-42-24-9-7-22-40(42)49(41-23-8-10-25-43(41)50)36-19-14-18-34(29-36)37-30-35-17-4-12-27-47(35)53-32-37/h1-32H. The largest absolute Gasteiger partial charge is 0.256 e. The van der Waals surface area contributed by atoms with E-state index in [1.54, 1.807) is 0 Å². The molecule has 54 heavy (non-hydrogen) atoms. The second-order valence-corrected chi connectivity index (χ2v) is 14.1. The molecule has 0 atom stereocenters. The van der Waals surface area contributed by atoms with Gasteiger partial charge in [0.2, 0.25) is 0 Å². The summed E-state index contributed by atoms with van der Waals surface area (Å²) in [6.07, 6.45) is 1.99. The Morgan fingerprint density at radius 3 is 1.61 bits per heavy atom. The van der Waals surface area contributed by atoms with Gasteiger partial charge in [-0.1, -0.05) is 158 Å². The predicted octanol–water partition coefficient (Wildman–Crippen LogP) is 14.1. The Kier molecular flexibility index (Phi) is 6.90. The van der Waals surface area contributed by atoms with Crippen molar-refractivity contribution in [1.29, 1.82) is 0 Å². The van der Waals surface area contributed by atoms with E-state index in [9.17, 15) is 0 Å². The van der Waals surface area contributed by atoms with E-state index in [-0.39, 0.29) is 0 Å². The monoisotopic (exact) mass is 684 g/mol. The Hall–Kier alpha value is -7.16. The molecule has 9 aromatic carbocycles. The fraction of sp³-hybridized carbons (Fsp3) is 0. The van der Waals surface area contributed by atoms with Crippen molar-refractivity contribution in [1.82, 2.24) is 9.97 Å². The van der Waals surface area contributed by atoms with E-state index in [4.69, 9.17) is 9.97 Å². The first-order valence-corrected chi connectivity index (χ1v) is 18.5. The highest BCUT2D eigenvalue weighted by Crippen LogP contribution is 2.48. The molecule has 0 bridgehead atoms. The zero-order valence-corrected chi connectivity index (χ0v) is 29.4. The summed E-state index contributed by atoms with van der Waals surface area (Å²) in [5.41, 5.74) is 11.3. The summed E-state index contributed by atoms with van der Waals surface area (Å²) in [5, 5.41) is 12.1. The van der Waals surface area contributed by atoms with Crippen LogP contribution in [0.4, 0.5) is 0 Å². The Labute approximate surface area is 312 Å². The van der Waals surface area contributed by atoms with Crippen molar-refractivity contribution < 1.29 is 0 Å². The molecule has 2 heteroatoms. The summed E-state index contributed by atoms with van der Waals surface area (Å²) >= 11 is 0. The molecule has 250 valence electrons. The van der Waals surface area contributed by atoms with Gasteiger partial charge in [-0.15, -0.1) is 0 Å². The zero-order valence-electron chi connectivity index (χ0n) is 29.4. The van der Waals surface area contributed by atoms with E-state index in [0.29, 0.717) is 0 Å². The first-order chi connectivity index (χ1) is 26.8. The van der Waals surface area contributed by atoms with Crippen LogP contribution in [0.2, 0.25) is 0 Å². The molecule has 0 aliphatic rings. The van der Waals surface area contributed by atoms with Crippen molar-refractivity contribution >= 4 is 64.9 Å². The molecule has 0 aliphatic carbocycles. The fourth-order valence-electron chi connectivity index (χ4n) is 8.65. The molecule has 0 N–H and O–H groups in total. The molecular weight excluding hydrogens is 653 g/mol. The lowest BCUT2D eigenvalue weighted by molar-refractivity contribution is 1.41. The minimum Gasteiger partial charge on any atom is -0.256 e. The minimum atomic E-state index is 1.00. The molecule has 0 unspecified atom stereocenters. The van der Waals surface area contributed by atoms with Gasteiger partial charge >= 0.3 is 0 Å². The topological polar surface area (TPSA) is 25.8 Å². The van der Waals surface area contributed by atoms with Crippen molar-refractivity contribution in [3.8, 4) is 44.6 Å². The SMILES string of the molecule is c1ccc(-c2nc3ccccc3c3c2cc(-c2c4ccccc4c(-c4cccc(-c5cnc6ccccc6c5)c4)c4ccccc24)c2ccccc23)cc1. The minimum absolute atomic E-state index is 1.00. The molecule has 0 saturated carbocycles. The number of aromatic nitrogens is 2. The van der Waals surface area contributed by atoms with E-state index < -0.39 is 0 Å². The second kappa shape index (κ2) is 12.2. The van der Waals surface area contributed by atoms with Crippen LogP contribution in [0.5, 0.6) is 0 Å². The van der Waals surface area contributed by atoms with Gasteiger partial charge in [0.25, 0.3) is 0 Å². The van der Waals surface area contributed by atoms with Gasteiger partial charge in [0.05, 0.1) is 16.7 Å². The summed E-state index contributed by atoms with van der Waals surface area (Å²) in [5.74, 6) is 0. The van der Waals surface area contributed by atoms with E-state index in [0.717, 1.165) is 44.2 Å². The molecule has 2 heterocycles. The Bertz CT molecular complexity index is 3210. The van der Waals surface area contributed by atoms with Gasteiger partial charge in [0.1, 0.15) is 0 Å². The molecule has 0 amide bonds. The number of nitrogens with zero attached hydrogens (tertiary/aromatic N) is 2.